The monoisotopic (exact) mass is 234 g/mol. The Morgan fingerprint density at radius 2 is 2.12 bits per heavy atom. The molecular weight excluding hydrogens is 220 g/mol. The van der Waals surface area contributed by atoms with Crippen LogP contribution < -0.4 is 0 Å². The molecule has 1 aromatic carbocycles. The third-order valence-corrected chi connectivity index (χ3v) is 3.85. The molecule has 1 heterocycles. The van der Waals surface area contributed by atoms with Crippen molar-refractivity contribution in [3.8, 4) is 0 Å². The predicted octanol–water partition coefficient (Wildman–Crippen LogP) is 4.38. The Morgan fingerprint density at radius 1 is 1.31 bits per heavy atom. The molecule has 0 saturated heterocycles. The maximum atomic E-state index is 6.29. The van der Waals surface area contributed by atoms with E-state index in [9.17, 15) is 0 Å². The zero-order valence-electron chi connectivity index (χ0n) is 9.16. The minimum absolute atomic E-state index is 0.341. The number of para-hydroxylation sites is 1. The van der Waals surface area contributed by atoms with Crippen LogP contribution in [0.3, 0.4) is 0 Å². The minimum atomic E-state index is 0.341. The van der Waals surface area contributed by atoms with Crippen LogP contribution in [0.2, 0.25) is 0 Å². The summed E-state index contributed by atoms with van der Waals surface area (Å²) >= 11 is 6.29. The van der Waals surface area contributed by atoms with E-state index in [0.717, 1.165) is 30.1 Å². The maximum absolute atomic E-state index is 6.29. The van der Waals surface area contributed by atoms with Crippen molar-refractivity contribution in [2.75, 3.05) is 0 Å². The number of furan rings is 1. The van der Waals surface area contributed by atoms with Gasteiger partial charge in [0.15, 0.2) is 0 Å². The van der Waals surface area contributed by atoms with Gasteiger partial charge in [-0.2, -0.15) is 0 Å². The Morgan fingerprint density at radius 3 is 2.88 bits per heavy atom. The predicted molar refractivity (Wildman–Crippen MR) is 66.9 cm³/mol. The first-order valence-corrected chi connectivity index (χ1v) is 6.38. The molecule has 0 amide bonds. The SMILES string of the molecule is ClC(CCc1cc2ccccc2o1)C1CC1. The number of hydrogen-bond donors (Lipinski definition) is 0. The number of fused-ring (bicyclic) bond motifs is 1. The second-order valence-electron chi connectivity index (χ2n) is 4.64. The van der Waals surface area contributed by atoms with Crippen molar-refractivity contribution in [2.45, 2.75) is 31.1 Å². The molecule has 2 aromatic rings. The van der Waals surface area contributed by atoms with Gasteiger partial charge in [0.25, 0.3) is 0 Å². The van der Waals surface area contributed by atoms with Crippen LogP contribution in [-0.4, -0.2) is 5.38 Å². The average Bonchev–Trinajstić information content (AvgIpc) is 3.06. The molecule has 3 rings (SSSR count). The third kappa shape index (κ3) is 2.10. The van der Waals surface area contributed by atoms with E-state index < -0.39 is 0 Å². The van der Waals surface area contributed by atoms with E-state index in [1.807, 2.05) is 18.2 Å². The lowest BCUT2D eigenvalue weighted by molar-refractivity contribution is 0.527. The number of benzene rings is 1. The van der Waals surface area contributed by atoms with Gasteiger partial charge in [-0.05, 0) is 37.3 Å². The van der Waals surface area contributed by atoms with Crippen molar-refractivity contribution in [2.24, 2.45) is 5.92 Å². The average molecular weight is 235 g/mol. The number of alkyl halides is 1. The van der Waals surface area contributed by atoms with E-state index in [4.69, 9.17) is 16.0 Å². The lowest BCUT2D eigenvalue weighted by Gasteiger charge is -2.04. The topological polar surface area (TPSA) is 13.1 Å². The van der Waals surface area contributed by atoms with Gasteiger partial charge >= 0.3 is 0 Å². The van der Waals surface area contributed by atoms with Crippen molar-refractivity contribution >= 4 is 22.6 Å². The van der Waals surface area contributed by atoms with Gasteiger partial charge in [-0.3, -0.25) is 0 Å². The Hall–Kier alpha value is -0.950. The molecule has 0 bridgehead atoms. The number of rotatable bonds is 4. The van der Waals surface area contributed by atoms with Crippen LogP contribution in [0.25, 0.3) is 11.0 Å². The van der Waals surface area contributed by atoms with Crippen LogP contribution in [0.5, 0.6) is 0 Å². The Bertz CT molecular complexity index is 451. The summed E-state index contributed by atoms with van der Waals surface area (Å²) in [5.41, 5.74) is 0.982. The fraction of sp³-hybridized carbons (Fsp3) is 0.429. The molecule has 1 saturated carbocycles. The highest BCUT2D eigenvalue weighted by molar-refractivity contribution is 6.20. The van der Waals surface area contributed by atoms with Crippen molar-refractivity contribution in [3.63, 3.8) is 0 Å². The molecule has 1 aliphatic carbocycles. The summed E-state index contributed by atoms with van der Waals surface area (Å²) in [5, 5.41) is 1.53. The second-order valence-corrected chi connectivity index (χ2v) is 5.20. The fourth-order valence-electron chi connectivity index (χ4n) is 2.13. The van der Waals surface area contributed by atoms with Crippen molar-refractivity contribution in [3.05, 3.63) is 36.1 Å². The molecule has 1 nitrogen and oxygen atoms in total. The highest BCUT2D eigenvalue weighted by atomic mass is 35.5. The molecule has 16 heavy (non-hydrogen) atoms. The smallest absolute Gasteiger partial charge is 0.134 e. The van der Waals surface area contributed by atoms with Gasteiger partial charge in [-0.25, -0.2) is 0 Å². The van der Waals surface area contributed by atoms with Crippen LogP contribution in [-0.2, 0) is 6.42 Å². The van der Waals surface area contributed by atoms with Gasteiger partial charge in [0.1, 0.15) is 11.3 Å². The van der Waals surface area contributed by atoms with Gasteiger partial charge in [0.05, 0.1) is 0 Å². The number of halogens is 1. The summed E-state index contributed by atoms with van der Waals surface area (Å²) in [5.74, 6) is 1.83. The summed E-state index contributed by atoms with van der Waals surface area (Å²) in [6.45, 7) is 0. The zero-order valence-corrected chi connectivity index (χ0v) is 9.91. The largest absolute Gasteiger partial charge is 0.461 e. The third-order valence-electron chi connectivity index (χ3n) is 3.28. The Balaban J connectivity index is 1.69. The zero-order chi connectivity index (χ0) is 11.0. The van der Waals surface area contributed by atoms with Crippen LogP contribution in [0.1, 0.15) is 25.0 Å². The lowest BCUT2D eigenvalue weighted by Crippen LogP contribution is -2.02. The standard InChI is InChI=1S/C14H15ClO/c15-13(10-5-6-10)8-7-12-9-11-3-1-2-4-14(11)16-12/h1-4,9-10,13H,5-8H2. The molecule has 84 valence electrons. The number of hydrogen-bond acceptors (Lipinski definition) is 1. The normalized spacial score (nSPS) is 17.8. The molecular formula is C14H15ClO. The minimum Gasteiger partial charge on any atom is -0.461 e. The van der Waals surface area contributed by atoms with Crippen LogP contribution in [0.15, 0.2) is 34.7 Å². The molecule has 2 heteroatoms. The Kier molecular flexibility index (Phi) is 2.64. The van der Waals surface area contributed by atoms with Crippen LogP contribution >= 0.6 is 11.6 Å². The van der Waals surface area contributed by atoms with E-state index >= 15 is 0 Å². The van der Waals surface area contributed by atoms with E-state index in [1.165, 1.54) is 18.2 Å². The first-order valence-electron chi connectivity index (χ1n) is 5.94. The van der Waals surface area contributed by atoms with E-state index in [-0.39, 0.29) is 0 Å². The van der Waals surface area contributed by atoms with Crippen LogP contribution in [0.4, 0.5) is 0 Å². The first-order chi connectivity index (χ1) is 7.83. The molecule has 1 aromatic heterocycles. The van der Waals surface area contributed by atoms with Crippen molar-refractivity contribution in [1.29, 1.82) is 0 Å². The van der Waals surface area contributed by atoms with Gasteiger partial charge in [0.2, 0.25) is 0 Å². The summed E-state index contributed by atoms with van der Waals surface area (Å²) in [6.07, 6.45) is 4.62. The molecule has 0 spiro atoms. The van der Waals surface area contributed by atoms with Crippen molar-refractivity contribution in [1.82, 2.24) is 0 Å². The number of aryl methyl sites for hydroxylation is 1. The van der Waals surface area contributed by atoms with E-state index in [2.05, 4.69) is 12.1 Å². The fourth-order valence-corrected chi connectivity index (χ4v) is 2.49. The van der Waals surface area contributed by atoms with Gasteiger partial charge in [-0.15, -0.1) is 11.6 Å². The van der Waals surface area contributed by atoms with Gasteiger partial charge in [-0.1, -0.05) is 18.2 Å². The van der Waals surface area contributed by atoms with E-state index in [0.29, 0.717) is 5.38 Å². The molecule has 0 N–H and O–H groups in total. The van der Waals surface area contributed by atoms with Crippen molar-refractivity contribution < 1.29 is 4.42 Å². The molecule has 0 radical (unpaired) electrons. The van der Waals surface area contributed by atoms with Gasteiger partial charge < -0.3 is 4.42 Å². The summed E-state index contributed by atoms with van der Waals surface area (Å²) < 4.78 is 5.76. The summed E-state index contributed by atoms with van der Waals surface area (Å²) in [7, 11) is 0. The maximum Gasteiger partial charge on any atom is 0.134 e. The summed E-state index contributed by atoms with van der Waals surface area (Å²) in [6, 6.07) is 10.3. The molecule has 0 aliphatic heterocycles. The molecule has 1 unspecified atom stereocenters. The molecule has 1 fully saturated rings. The second kappa shape index (κ2) is 4.14. The van der Waals surface area contributed by atoms with Gasteiger partial charge in [0, 0.05) is 17.2 Å². The van der Waals surface area contributed by atoms with Crippen LogP contribution in [0, 0.1) is 5.92 Å². The first kappa shape index (κ1) is 10.2. The van der Waals surface area contributed by atoms with E-state index in [1.54, 1.807) is 0 Å². The highest BCUT2D eigenvalue weighted by Crippen LogP contribution is 2.37. The lowest BCUT2D eigenvalue weighted by atomic mass is 10.1. The Labute approximate surface area is 100 Å². The molecule has 1 atom stereocenters. The quantitative estimate of drug-likeness (QED) is 0.716. The summed E-state index contributed by atoms with van der Waals surface area (Å²) in [4.78, 5) is 0. The highest BCUT2D eigenvalue weighted by Gasteiger charge is 2.29. The molecule has 1 aliphatic rings.